The first kappa shape index (κ1) is 22.2. The second-order valence-corrected chi connectivity index (χ2v) is 9.87. The van der Waals surface area contributed by atoms with Gasteiger partial charge in [0.15, 0.2) is 6.29 Å². The smallest absolute Gasteiger partial charge is 0.160 e. The van der Waals surface area contributed by atoms with Crippen molar-refractivity contribution in [3.63, 3.8) is 0 Å². The fourth-order valence-electron chi connectivity index (χ4n) is 6.00. The quantitative estimate of drug-likeness (QED) is 0.485. The SMILES string of the molecule is COCCC[C@H]1CC[C@H](C2COC(C3CCC(c4ccc(F)cc4)CC3)OC2)CC1. The van der Waals surface area contributed by atoms with Crippen molar-refractivity contribution in [2.45, 2.75) is 76.4 Å². The first-order valence-corrected chi connectivity index (χ1v) is 12.2. The fourth-order valence-corrected chi connectivity index (χ4v) is 6.00. The van der Waals surface area contributed by atoms with E-state index in [1.54, 1.807) is 19.2 Å². The minimum Gasteiger partial charge on any atom is -0.385 e. The number of benzene rings is 1. The second-order valence-electron chi connectivity index (χ2n) is 9.87. The van der Waals surface area contributed by atoms with Gasteiger partial charge in [-0.2, -0.15) is 0 Å². The Kier molecular flexibility index (Phi) is 8.20. The molecule has 0 atom stereocenters. The maximum absolute atomic E-state index is 13.2. The van der Waals surface area contributed by atoms with E-state index in [4.69, 9.17) is 14.2 Å². The summed E-state index contributed by atoms with van der Waals surface area (Å²) in [7, 11) is 1.80. The topological polar surface area (TPSA) is 27.7 Å². The zero-order chi connectivity index (χ0) is 20.8. The molecule has 0 spiro atoms. The number of hydrogen-bond acceptors (Lipinski definition) is 3. The summed E-state index contributed by atoms with van der Waals surface area (Å²) in [6.07, 6.45) is 12.5. The van der Waals surface area contributed by atoms with Crippen LogP contribution in [0.5, 0.6) is 0 Å². The molecule has 4 heteroatoms. The largest absolute Gasteiger partial charge is 0.385 e. The fraction of sp³-hybridized carbons (Fsp3) is 0.769. The zero-order valence-electron chi connectivity index (χ0n) is 18.6. The molecule has 0 amide bonds. The Hall–Kier alpha value is -0.970. The first-order chi connectivity index (χ1) is 14.7. The molecule has 2 saturated carbocycles. The monoisotopic (exact) mass is 418 g/mol. The summed E-state index contributed by atoms with van der Waals surface area (Å²) >= 11 is 0. The Morgan fingerprint density at radius 2 is 1.47 bits per heavy atom. The maximum Gasteiger partial charge on any atom is 0.160 e. The first-order valence-electron chi connectivity index (χ1n) is 12.2. The molecule has 3 fully saturated rings. The Labute approximate surface area is 181 Å². The summed E-state index contributed by atoms with van der Waals surface area (Å²) in [5.74, 6) is 3.17. The number of rotatable bonds is 7. The molecule has 0 aromatic heterocycles. The summed E-state index contributed by atoms with van der Waals surface area (Å²) in [5.41, 5.74) is 1.28. The van der Waals surface area contributed by atoms with Gasteiger partial charge < -0.3 is 14.2 Å². The summed E-state index contributed by atoms with van der Waals surface area (Å²) in [4.78, 5) is 0. The van der Waals surface area contributed by atoms with Gasteiger partial charge in [0.1, 0.15) is 5.82 Å². The molecule has 1 saturated heterocycles. The van der Waals surface area contributed by atoms with Crippen LogP contribution in [0.25, 0.3) is 0 Å². The molecule has 1 heterocycles. The lowest BCUT2D eigenvalue weighted by molar-refractivity contribution is -0.236. The molecule has 0 N–H and O–H groups in total. The molecule has 1 aliphatic heterocycles. The predicted molar refractivity (Wildman–Crippen MR) is 117 cm³/mol. The molecule has 1 aromatic carbocycles. The summed E-state index contributed by atoms with van der Waals surface area (Å²) < 4.78 is 30.9. The van der Waals surface area contributed by atoms with E-state index in [-0.39, 0.29) is 12.1 Å². The Morgan fingerprint density at radius 1 is 0.833 bits per heavy atom. The molecular weight excluding hydrogens is 379 g/mol. The predicted octanol–water partition coefficient (Wildman–Crippen LogP) is 6.32. The molecule has 3 aliphatic rings. The van der Waals surface area contributed by atoms with Crippen molar-refractivity contribution in [3.8, 4) is 0 Å². The van der Waals surface area contributed by atoms with Gasteiger partial charge in [0.25, 0.3) is 0 Å². The van der Waals surface area contributed by atoms with Crippen LogP contribution in [-0.2, 0) is 14.2 Å². The number of ether oxygens (including phenoxy) is 3. The summed E-state index contributed by atoms with van der Waals surface area (Å²) in [6, 6.07) is 7.07. The molecule has 3 nitrogen and oxygen atoms in total. The lowest BCUT2D eigenvalue weighted by Gasteiger charge is -2.41. The highest BCUT2D eigenvalue weighted by molar-refractivity contribution is 5.20. The van der Waals surface area contributed by atoms with Crippen molar-refractivity contribution in [3.05, 3.63) is 35.6 Å². The molecule has 168 valence electrons. The van der Waals surface area contributed by atoms with Crippen LogP contribution >= 0.6 is 0 Å². The van der Waals surface area contributed by atoms with Crippen molar-refractivity contribution >= 4 is 0 Å². The van der Waals surface area contributed by atoms with Crippen molar-refractivity contribution in [2.75, 3.05) is 26.9 Å². The van der Waals surface area contributed by atoms with Gasteiger partial charge >= 0.3 is 0 Å². The minimum atomic E-state index is -0.148. The summed E-state index contributed by atoms with van der Waals surface area (Å²) in [5, 5.41) is 0. The van der Waals surface area contributed by atoms with Crippen molar-refractivity contribution < 1.29 is 18.6 Å². The molecule has 0 radical (unpaired) electrons. The van der Waals surface area contributed by atoms with E-state index >= 15 is 0 Å². The van der Waals surface area contributed by atoms with Crippen molar-refractivity contribution in [1.29, 1.82) is 0 Å². The van der Waals surface area contributed by atoms with Crippen LogP contribution in [0.3, 0.4) is 0 Å². The van der Waals surface area contributed by atoms with Gasteiger partial charge in [0, 0.05) is 25.6 Å². The van der Waals surface area contributed by atoms with Gasteiger partial charge in [-0.15, -0.1) is 0 Å². The standard InChI is InChI=1S/C26H39FO3/c1-28-16-2-3-19-4-6-22(7-5-19)24-17-29-26(30-18-24)23-10-8-20(9-11-23)21-12-14-25(27)15-13-21/h12-15,19-20,22-24,26H,2-11,16-18H2,1H3/t19-,20?,22-,23?,24?,26?. The second kappa shape index (κ2) is 11.1. The van der Waals surface area contributed by atoms with E-state index in [2.05, 4.69) is 0 Å². The Balaban J connectivity index is 1.15. The molecule has 0 bridgehead atoms. The highest BCUT2D eigenvalue weighted by Crippen LogP contribution is 2.41. The maximum atomic E-state index is 13.2. The van der Waals surface area contributed by atoms with Crippen LogP contribution in [0.1, 0.15) is 75.7 Å². The van der Waals surface area contributed by atoms with E-state index < -0.39 is 0 Å². The van der Waals surface area contributed by atoms with Gasteiger partial charge in [0.2, 0.25) is 0 Å². The van der Waals surface area contributed by atoms with Gasteiger partial charge in [0.05, 0.1) is 13.2 Å². The van der Waals surface area contributed by atoms with E-state index in [0.717, 1.165) is 57.3 Å². The van der Waals surface area contributed by atoms with Crippen LogP contribution in [0, 0.1) is 29.5 Å². The molecular formula is C26H39FO3. The lowest BCUT2D eigenvalue weighted by atomic mass is 9.74. The molecule has 4 rings (SSSR count). The number of hydrogen-bond donors (Lipinski definition) is 0. The van der Waals surface area contributed by atoms with E-state index in [1.165, 1.54) is 44.1 Å². The number of methoxy groups -OCH3 is 1. The third kappa shape index (κ3) is 5.83. The van der Waals surface area contributed by atoms with Gasteiger partial charge in [-0.3, -0.25) is 0 Å². The lowest BCUT2D eigenvalue weighted by Crippen LogP contribution is -2.41. The van der Waals surface area contributed by atoms with E-state index in [1.807, 2.05) is 12.1 Å². The Morgan fingerprint density at radius 3 is 2.10 bits per heavy atom. The van der Waals surface area contributed by atoms with Crippen LogP contribution in [0.4, 0.5) is 4.39 Å². The molecule has 30 heavy (non-hydrogen) atoms. The summed E-state index contributed by atoms with van der Waals surface area (Å²) in [6.45, 7) is 2.65. The minimum absolute atomic E-state index is 0.0131. The van der Waals surface area contributed by atoms with Crippen LogP contribution < -0.4 is 0 Å². The molecule has 0 unspecified atom stereocenters. The van der Waals surface area contributed by atoms with Crippen LogP contribution in [0.15, 0.2) is 24.3 Å². The van der Waals surface area contributed by atoms with Crippen LogP contribution in [0.2, 0.25) is 0 Å². The highest BCUT2D eigenvalue weighted by Gasteiger charge is 2.36. The third-order valence-corrected chi connectivity index (χ3v) is 7.97. The molecule has 2 aliphatic carbocycles. The third-order valence-electron chi connectivity index (χ3n) is 7.97. The Bertz CT molecular complexity index is 610. The van der Waals surface area contributed by atoms with E-state index in [0.29, 0.717) is 17.8 Å². The normalized spacial score (nSPS) is 35.3. The zero-order valence-corrected chi connectivity index (χ0v) is 18.6. The average molecular weight is 419 g/mol. The van der Waals surface area contributed by atoms with Gasteiger partial charge in [-0.25, -0.2) is 4.39 Å². The van der Waals surface area contributed by atoms with Gasteiger partial charge in [-0.05, 0) is 86.8 Å². The number of halogens is 1. The van der Waals surface area contributed by atoms with E-state index in [9.17, 15) is 4.39 Å². The van der Waals surface area contributed by atoms with Crippen LogP contribution in [-0.4, -0.2) is 33.2 Å². The average Bonchev–Trinajstić information content (AvgIpc) is 2.81. The van der Waals surface area contributed by atoms with Crippen molar-refractivity contribution in [2.24, 2.45) is 23.7 Å². The highest BCUT2D eigenvalue weighted by atomic mass is 19.1. The molecule has 1 aromatic rings. The van der Waals surface area contributed by atoms with Gasteiger partial charge in [-0.1, -0.05) is 25.0 Å². The van der Waals surface area contributed by atoms with Crippen molar-refractivity contribution in [1.82, 2.24) is 0 Å².